The fourth-order valence-electron chi connectivity index (χ4n) is 2.63. The van der Waals surface area contributed by atoms with Crippen molar-refractivity contribution in [2.45, 2.75) is 31.0 Å². The first-order valence-electron chi connectivity index (χ1n) is 5.66. The minimum atomic E-state index is -0.314. The summed E-state index contributed by atoms with van der Waals surface area (Å²) in [5, 5.41) is 0. The summed E-state index contributed by atoms with van der Waals surface area (Å²) in [6.07, 6.45) is 2.32. The minimum absolute atomic E-state index is 0.174. The van der Waals surface area contributed by atoms with Crippen LogP contribution in [0, 0.1) is 0 Å². The third-order valence-corrected chi connectivity index (χ3v) is 4.08. The average molecular weight is 297 g/mol. The van der Waals surface area contributed by atoms with Crippen molar-refractivity contribution in [2.75, 3.05) is 7.11 Å². The molecule has 2 aliphatic rings. The molecule has 0 N–H and O–H groups in total. The summed E-state index contributed by atoms with van der Waals surface area (Å²) in [5.74, 6) is 0.874. The van der Waals surface area contributed by atoms with Gasteiger partial charge in [-0.1, -0.05) is 15.9 Å². The summed E-state index contributed by atoms with van der Waals surface area (Å²) in [5.41, 5.74) is 0.380. The molecule has 1 fully saturated rings. The van der Waals surface area contributed by atoms with Gasteiger partial charge in [0.15, 0.2) is 5.78 Å². The highest BCUT2D eigenvalue weighted by Gasteiger charge is 2.51. The first-order chi connectivity index (χ1) is 8.12. The number of fused-ring (bicyclic) bond motifs is 1. The second-order valence-electron chi connectivity index (χ2n) is 4.79. The van der Waals surface area contributed by atoms with Gasteiger partial charge in [0, 0.05) is 24.4 Å². The lowest BCUT2D eigenvalue weighted by Gasteiger charge is -2.48. The van der Waals surface area contributed by atoms with Crippen LogP contribution >= 0.6 is 15.9 Å². The molecule has 0 atom stereocenters. The van der Waals surface area contributed by atoms with E-state index in [-0.39, 0.29) is 17.5 Å². The number of methoxy groups -OCH3 is 1. The lowest BCUT2D eigenvalue weighted by atomic mass is 9.72. The summed E-state index contributed by atoms with van der Waals surface area (Å²) in [7, 11) is 1.70. The number of ketones is 1. The second-order valence-corrected chi connectivity index (χ2v) is 5.71. The van der Waals surface area contributed by atoms with Gasteiger partial charge in [0.1, 0.15) is 11.4 Å². The molecule has 0 radical (unpaired) electrons. The number of carbonyl (C=O) groups excluding carboxylic acids is 1. The number of benzene rings is 1. The Kier molecular flexibility index (Phi) is 2.52. The first-order valence-corrected chi connectivity index (χ1v) is 6.46. The van der Waals surface area contributed by atoms with Gasteiger partial charge in [-0.2, -0.15) is 0 Å². The Labute approximate surface area is 108 Å². The molecule has 4 heteroatoms. The topological polar surface area (TPSA) is 35.5 Å². The standard InChI is InChI=1S/C13H13BrO3/c1-16-9-5-13(6-9)7-11(15)10-3-2-8(14)4-12(10)17-13/h2-4,9H,5-7H2,1H3. The lowest BCUT2D eigenvalue weighted by Crippen LogP contribution is -2.55. The van der Waals surface area contributed by atoms with Crippen LogP contribution in [0.1, 0.15) is 29.6 Å². The molecule has 0 unspecified atom stereocenters. The van der Waals surface area contributed by atoms with Crippen LogP contribution < -0.4 is 4.74 Å². The van der Waals surface area contributed by atoms with Gasteiger partial charge in [0.2, 0.25) is 0 Å². The van der Waals surface area contributed by atoms with E-state index in [4.69, 9.17) is 9.47 Å². The molecule has 3 rings (SSSR count). The van der Waals surface area contributed by atoms with Crippen LogP contribution in [0.25, 0.3) is 0 Å². The van der Waals surface area contributed by atoms with Crippen molar-refractivity contribution in [1.29, 1.82) is 0 Å². The smallest absolute Gasteiger partial charge is 0.170 e. The molecule has 1 saturated carbocycles. The number of hydrogen-bond acceptors (Lipinski definition) is 3. The summed E-state index contributed by atoms with van der Waals surface area (Å²) >= 11 is 3.40. The van der Waals surface area contributed by atoms with Gasteiger partial charge in [-0.3, -0.25) is 4.79 Å². The van der Waals surface area contributed by atoms with E-state index >= 15 is 0 Å². The molecular formula is C13H13BrO3. The highest BCUT2D eigenvalue weighted by molar-refractivity contribution is 9.10. The number of rotatable bonds is 1. The highest BCUT2D eigenvalue weighted by Crippen LogP contribution is 2.46. The molecule has 0 bridgehead atoms. The molecule has 1 spiro atoms. The van der Waals surface area contributed by atoms with Crippen molar-refractivity contribution in [3.63, 3.8) is 0 Å². The quantitative estimate of drug-likeness (QED) is 0.799. The average Bonchev–Trinajstić information content (AvgIpc) is 2.24. The number of halogens is 1. The van der Waals surface area contributed by atoms with Crippen LogP contribution in [-0.2, 0) is 4.74 Å². The van der Waals surface area contributed by atoms with Crippen LogP contribution in [0.5, 0.6) is 5.75 Å². The van der Waals surface area contributed by atoms with Crippen molar-refractivity contribution in [3.05, 3.63) is 28.2 Å². The van der Waals surface area contributed by atoms with E-state index in [0.29, 0.717) is 17.7 Å². The number of ether oxygens (including phenoxy) is 2. The van der Waals surface area contributed by atoms with Gasteiger partial charge in [0.05, 0.1) is 18.1 Å². The van der Waals surface area contributed by atoms with Crippen LogP contribution in [-0.4, -0.2) is 24.6 Å². The Balaban J connectivity index is 1.90. The van der Waals surface area contributed by atoms with E-state index in [2.05, 4.69) is 15.9 Å². The minimum Gasteiger partial charge on any atom is -0.486 e. The van der Waals surface area contributed by atoms with Crippen molar-refractivity contribution in [1.82, 2.24) is 0 Å². The van der Waals surface area contributed by atoms with E-state index in [1.807, 2.05) is 18.2 Å². The lowest BCUT2D eigenvalue weighted by molar-refractivity contribution is -0.112. The van der Waals surface area contributed by atoms with Crippen molar-refractivity contribution >= 4 is 21.7 Å². The van der Waals surface area contributed by atoms with Gasteiger partial charge < -0.3 is 9.47 Å². The molecule has 17 heavy (non-hydrogen) atoms. The van der Waals surface area contributed by atoms with Gasteiger partial charge >= 0.3 is 0 Å². The zero-order valence-electron chi connectivity index (χ0n) is 9.53. The molecule has 1 aliphatic carbocycles. The molecule has 1 aromatic rings. The van der Waals surface area contributed by atoms with E-state index in [0.717, 1.165) is 17.3 Å². The van der Waals surface area contributed by atoms with Gasteiger partial charge in [-0.25, -0.2) is 0 Å². The Morgan fingerprint density at radius 1 is 1.47 bits per heavy atom. The SMILES string of the molecule is COC1CC2(CC(=O)c3ccc(Br)cc3O2)C1. The third kappa shape index (κ3) is 1.79. The van der Waals surface area contributed by atoms with Gasteiger partial charge in [-0.05, 0) is 18.2 Å². The molecule has 3 nitrogen and oxygen atoms in total. The second kappa shape index (κ2) is 3.82. The van der Waals surface area contributed by atoms with E-state index in [1.54, 1.807) is 7.11 Å². The van der Waals surface area contributed by atoms with E-state index in [9.17, 15) is 4.79 Å². The van der Waals surface area contributed by atoms with E-state index < -0.39 is 0 Å². The summed E-state index contributed by atoms with van der Waals surface area (Å²) in [4.78, 5) is 12.1. The fraction of sp³-hybridized carbons (Fsp3) is 0.462. The van der Waals surface area contributed by atoms with Gasteiger partial charge in [-0.15, -0.1) is 0 Å². The molecule has 1 aliphatic heterocycles. The molecular weight excluding hydrogens is 284 g/mol. The summed E-state index contributed by atoms with van der Waals surface area (Å²) < 4.78 is 12.2. The zero-order valence-corrected chi connectivity index (χ0v) is 11.1. The summed E-state index contributed by atoms with van der Waals surface area (Å²) in [6, 6.07) is 5.56. The molecule has 0 saturated heterocycles. The maximum atomic E-state index is 12.1. The van der Waals surface area contributed by atoms with Crippen molar-refractivity contribution in [2.24, 2.45) is 0 Å². The molecule has 1 aromatic carbocycles. The monoisotopic (exact) mass is 296 g/mol. The molecule has 0 aromatic heterocycles. The maximum Gasteiger partial charge on any atom is 0.170 e. The van der Waals surface area contributed by atoms with Crippen LogP contribution in [0.2, 0.25) is 0 Å². The number of Topliss-reactive ketones (excluding diaryl/α,β-unsaturated/α-hetero) is 1. The molecule has 0 amide bonds. The Hall–Kier alpha value is -0.870. The van der Waals surface area contributed by atoms with E-state index in [1.165, 1.54) is 0 Å². The predicted octanol–water partition coefficient (Wildman–Crippen LogP) is 2.96. The number of hydrogen-bond donors (Lipinski definition) is 0. The maximum absolute atomic E-state index is 12.1. The van der Waals surface area contributed by atoms with Crippen molar-refractivity contribution in [3.8, 4) is 5.75 Å². The normalized spacial score (nSPS) is 30.7. The Morgan fingerprint density at radius 2 is 2.24 bits per heavy atom. The highest BCUT2D eigenvalue weighted by atomic mass is 79.9. The fourth-order valence-corrected chi connectivity index (χ4v) is 2.97. The van der Waals surface area contributed by atoms with Crippen LogP contribution in [0.4, 0.5) is 0 Å². The van der Waals surface area contributed by atoms with Crippen molar-refractivity contribution < 1.29 is 14.3 Å². The molecule has 90 valence electrons. The van der Waals surface area contributed by atoms with Gasteiger partial charge in [0.25, 0.3) is 0 Å². The summed E-state index contributed by atoms with van der Waals surface area (Å²) in [6.45, 7) is 0. The zero-order chi connectivity index (χ0) is 12.0. The Morgan fingerprint density at radius 3 is 2.94 bits per heavy atom. The predicted molar refractivity (Wildman–Crippen MR) is 66.5 cm³/mol. The van der Waals surface area contributed by atoms with Crippen LogP contribution in [0.15, 0.2) is 22.7 Å². The third-order valence-electron chi connectivity index (χ3n) is 3.59. The van der Waals surface area contributed by atoms with Crippen LogP contribution in [0.3, 0.4) is 0 Å². The Bertz CT molecular complexity index is 478. The first kappa shape index (κ1) is 11.2. The largest absolute Gasteiger partial charge is 0.486 e. The molecule has 1 heterocycles. The number of carbonyl (C=O) groups is 1.